The van der Waals surface area contributed by atoms with Gasteiger partial charge in [-0.1, -0.05) is 0 Å². The Morgan fingerprint density at radius 3 is 3.00 bits per heavy atom. The van der Waals surface area contributed by atoms with Crippen molar-refractivity contribution in [3.63, 3.8) is 0 Å². The van der Waals surface area contributed by atoms with Gasteiger partial charge in [0.05, 0.1) is 0 Å². The fourth-order valence-corrected chi connectivity index (χ4v) is 1.37. The maximum atomic E-state index is 10.4. The van der Waals surface area contributed by atoms with Crippen LogP contribution in [-0.4, -0.2) is 24.1 Å². The highest BCUT2D eigenvalue weighted by molar-refractivity contribution is 5.78. The Kier molecular flexibility index (Phi) is 2.99. The molecule has 0 radical (unpaired) electrons. The molecule has 7 heteroatoms. The molecule has 2 aromatic rings. The third-order valence-corrected chi connectivity index (χ3v) is 2.11. The number of urea groups is 1. The molecule has 0 unspecified atom stereocenters. The molecule has 1 heterocycles. The molecule has 1 aromatic heterocycles. The highest BCUT2D eigenvalue weighted by atomic mass is 16.4. The number of carbonyl (C=O) groups is 1. The summed E-state index contributed by atoms with van der Waals surface area (Å²) in [5.41, 5.74) is 12.5. The minimum atomic E-state index is -0.558. The van der Waals surface area contributed by atoms with Crippen LogP contribution >= 0.6 is 0 Å². The molecule has 2 rings (SSSR count). The number of nitrogen functional groups attached to an aromatic ring is 1. The first kappa shape index (κ1) is 11.1. The molecule has 2 amide bonds. The molecular formula is C10H13N5O2. The lowest BCUT2D eigenvalue weighted by atomic mass is 10.3. The number of benzene rings is 1. The monoisotopic (exact) mass is 235 g/mol. The van der Waals surface area contributed by atoms with Gasteiger partial charge in [-0.15, -0.1) is 0 Å². The number of primary amides is 1. The lowest BCUT2D eigenvalue weighted by molar-refractivity contribution is 0.249. The lowest BCUT2D eigenvalue weighted by Gasteiger charge is -2.01. The zero-order valence-electron chi connectivity index (χ0n) is 9.06. The molecule has 0 saturated carbocycles. The second-order valence-corrected chi connectivity index (χ2v) is 3.46. The fraction of sp³-hybridized carbons (Fsp3) is 0.200. The second kappa shape index (κ2) is 4.60. The average Bonchev–Trinajstić information content (AvgIpc) is 2.66. The van der Waals surface area contributed by atoms with Crippen molar-refractivity contribution in [2.75, 3.05) is 24.1 Å². The number of carbonyl (C=O) groups excluding carboxylic acids is 1. The summed E-state index contributed by atoms with van der Waals surface area (Å²) in [6.45, 7) is 0.876. The van der Waals surface area contributed by atoms with Crippen molar-refractivity contribution in [1.82, 2.24) is 10.3 Å². The molecule has 0 aliphatic heterocycles. The minimum absolute atomic E-state index is 0.386. The number of amides is 2. The Morgan fingerprint density at radius 2 is 2.24 bits per heavy atom. The van der Waals surface area contributed by atoms with Crippen LogP contribution in [-0.2, 0) is 0 Å². The predicted octanol–water partition coefficient (Wildman–Crippen LogP) is 0.490. The van der Waals surface area contributed by atoms with Crippen LogP contribution < -0.4 is 22.1 Å². The maximum Gasteiger partial charge on any atom is 0.312 e. The fourth-order valence-electron chi connectivity index (χ4n) is 1.37. The van der Waals surface area contributed by atoms with E-state index in [1.54, 1.807) is 18.2 Å². The molecule has 0 fully saturated rings. The number of anilines is 2. The molecule has 0 aliphatic rings. The largest absolute Gasteiger partial charge is 0.423 e. The molecule has 0 aliphatic carbocycles. The summed E-state index contributed by atoms with van der Waals surface area (Å²) in [4.78, 5) is 14.6. The van der Waals surface area contributed by atoms with Crippen LogP contribution in [0.4, 0.5) is 16.5 Å². The molecule has 1 aromatic carbocycles. The van der Waals surface area contributed by atoms with Crippen LogP contribution in [0.25, 0.3) is 11.1 Å². The van der Waals surface area contributed by atoms with Gasteiger partial charge in [0.2, 0.25) is 0 Å². The second-order valence-electron chi connectivity index (χ2n) is 3.46. The Bertz CT molecular complexity index is 536. The van der Waals surface area contributed by atoms with E-state index >= 15 is 0 Å². The van der Waals surface area contributed by atoms with Crippen LogP contribution in [0.3, 0.4) is 0 Å². The molecule has 0 saturated heterocycles. The lowest BCUT2D eigenvalue weighted by Crippen LogP contribution is -2.33. The third-order valence-electron chi connectivity index (χ3n) is 2.11. The summed E-state index contributed by atoms with van der Waals surface area (Å²) in [5, 5.41) is 5.37. The number of rotatable bonds is 4. The standard InChI is InChI=1S/C10H13N5O2/c11-6-1-2-7-8(5-6)17-10(15-7)14-4-3-13-9(12)16/h1-2,5H,3-4,11H2,(H,14,15)(H3,12,13,16). The van der Waals surface area contributed by atoms with Crippen molar-refractivity contribution in [1.29, 1.82) is 0 Å². The number of hydrogen-bond donors (Lipinski definition) is 4. The van der Waals surface area contributed by atoms with E-state index in [4.69, 9.17) is 15.9 Å². The maximum absolute atomic E-state index is 10.4. The quantitative estimate of drug-likeness (QED) is 0.454. The molecule has 17 heavy (non-hydrogen) atoms. The Labute approximate surface area is 97.2 Å². The first-order chi connectivity index (χ1) is 8.15. The van der Waals surface area contributed by atoms with Crippen molar-refractivity contribution in [3.8, 4) is 0 Å². The number of nitrogens with one attached hydrogen (secondary N) is 2. The predicted molar refractivity (Wildman–Crippen MR) is 64.5 cm³/mol. The van der Waals surface area contributed by atoms with Crippen molar-refractivity contribution in [2.24, 2.45) is 5.73 Å². The van der Waals surface area contributed by atoms with E-state index in [1.165, 1.54) is 0 Å². The Hall–Kier alpha value is -2.44. The zero-order valence-corrected chi connectivity index (χ0v) is 9.06. The molecule has 0 spiro atoms. The first-order valence-electron chi connectivity index (χ1n) is 5.08. The van der Waals surface area contributed by atoms with Crippen LogP contribution in [0.5, 0.6) is 0 Å². The van der Waals surface area contributed by atoms with Gasteiger partial charge >= 0.3 is 6.03 Å². The highest BCUT2D eigenvalue weighted by Crippen LogP contribution is 2.20. The number of nitrogens with two attached hydrogens (primary N) is 2. The summed E-state index contributed by atoms with van der Waals surface area (Å²) in [6.07, 6.45) is 0. The molecule has 90 valence electrons. The summed E-state index contributed by atoms with van der Waals surface area (Å²) < 4.78 is 5.41. The summed E-state index contributed by atoms with van der Waals surface area (Å²) in [5.74, 6) is 0. The van der Waals surface area contributed by atoms with Gasteiger partial charge in [-0.25, -0.2) is 4.79 Å². The van der Waals surface area contributed by atoms with Gasteiger partial charge in [0.25, 0.3) is 6.01 Å². The van der Waals surface area contributed by atoms with Gasteiger partial charge in [-0.2, -0.15) is 4.98 Å². The molecule has 0 atom stereocenters. The van der Waals surface area contributed by atoms with Crippen molar-refractivity contribution in [3.05, 3.63) is 18.2 Å². The number of aromatic nitrogens is 1. The number of hydrogen-bond acceptors (Lipinski definition) is 5. The van der Waals surface area contributed by atoms with E-state index in [0.29, 0.717) is 30.4 Å². The van der Waals surface area contributed by atoms with E-state index in [2.05, 4.69) is 15.6 Å². The van der Waals surface area contributed by atoms with Crippen LogP contribution in [0.15, 0.2) is 22.6 Å². The van der Waals surface area contributed by atoms with Gasteiger partial charge in [0.15, 0.2) is 5.58 Å². The van der Waals surface area contributed by atoms with Crippen molar-refractivity contribution in [2.45, 2.75) is 0 Å². The molecule has 0 bridgehead atoms. The number of nitrogens with zero attached hydrogens (tertiary/aromatic N) is 1. The minimum Gasteiger partial charge on any atom is -0.423 e. The van der Waals surface area contributed by atoms with Gasteiger partial charge in [0, 0.05) is 24.8 Å². The van der Waals surface area contributed by atoms with E-state index in [-0.39, 0.29) is 0 Å². The van der Waals surface area contributed by atoms with E-state index in [0.717, 1.165) is 5.52 Å². The van der Waals surface area contributed by atoms with Crippen LogP contribution in [0, 0.1) is 0 Å². The van der Waals surface area contributed by atoms with Gasteiger partial charge < -0.3 is 26.5 Å². The summed E-state index contributed by atoms with van der Waals surface area (Å²) in [6, 6.07) is 5.06. The van der Waals surface area contributed by atoms with Crippen molar-refractivity contribution >= 4 is 28.8 Å². The number of fused-ring (bicyclic) bond motifs is 1. The van der Waals surface area contributed by atoms with E-state index in [1.807, 2.05) is 0 Å². The van der Waals surface area contributed by atoms with E-state index < -0.39 is 6.03 Å². The highest BCUT2D eigenvalue weighted by Gasteiger charge is 2.04. The van der Waals surface area contributed by atoms with Crippen molar-refractivity contribution < 1.29 is 9.21 Å². The van der Waals surface area contributed by atoms with Gasteiger partial charge in [-0.3, -0.25) is 0 Å². The van der Waals surface area contributed by atoms with Crippen LogP contribution in [0.1, 0.15) is 0 Å². The summed E-state index contributed by atoms with van der Waals surface area (Å²) in [7, 11) is 0. The summed E-state index contributed by atoms with van der Waals surface area (Å²) >= 11 is 0. The molecule has 6 N–H and O–H groups in total. The number of oxazole rings is 1. The Morgan fingerprint density at radius 1 is 1.41 bits per heavy atom. The topological polar surface area (TPSA) is 119 Å². The molecule has 7 nitrogen and oxygen atoms in total. The normalized spacial score (nSPS) is 10.4. The third kappa shape index (κ3) is 2.77. The SMILES string of the molecule is NC(=O)NCCNc1nc2ccc(N)cc2o1. The van der Waals surface area contributed by atoms with Gasteiger partial charge in [-0.05, 0) is 12.1 Å². The molecular weight excluding hydrogens is 222 g/mol. The zero-order chi connectivity index (χ0) is 12.3. The van der Waals surface area contributed by atoms with Gasteiger partial charge in [0.1, 0.15) is 5.52 Å². The van der Waals surface area contributed by atoms with E-state index in [9.17, 15) is 4.79 Å². The van der Waals surface area contributed by atoms with Crippen LogP contribution in [0.2, 0.25) is 0 Å². The smallest absolute Gasteiger partial charge is 0.312 e. The average molecular weight is 235 g/mol. The first-order valence-corrected chi connectivity index (χ1v) is 5.08. The Balaban J connectivity index is 1.97.